The summed E-state index contributed by atoms with van der Waals surface area (Å²) in [6, 6.07) is 20.7. The van der Waals surface area contributed by atoms with E-state index in [4.69, 9.17) is 9.16 Å². The van der Waals surface area contributed by atoms with E-state index in [2.05, 4.69) is 43.8 Å². The minimum Gasteiger partial charge on any atom is -0.467 e. The smallest absolute Gasteiger partial charge is 0.341 e. The largest absolute Gasteiger partial charge is 0.467 e. The molecule has 4 heteroatoms. The Morgan fingerprint density at radius 2 is 1.52 bits per heavy atom. The molecule has 0 bridgehead atoms. The molecule has 166 valence electrons. The SMILES string of the molecule is CC[C@@](O[Si](C)(c1ccccc1)c1ccccc1)(C(=O)OC)/C(C)=C/C1CCCCC1. The van der Waals surface area contributed by atoms with Crippen LogP contribution in [0.2, 0.25) is 6.55 Å². The summed E-state index contributed by atoms with van der Waals surface area (Å²) in [5.41, 5.74) is -0.0990. The van der Waals surface area contributed by atoms with Crippen molar-refractivity contribution in [3.8, 4) is 0 Å². The Bertz CT molecular complexity index is 832. The quantitative estimate of drug-likeness (QED) is 0.322. The molecule has 3 rings (SSSR count). The minimum absolute atomic E-state index is 0.301. The second kappa shape index (κ2) is 10.4. The number of allylic oxidation sites excluding steroid dienone is 1. The molecule has 0 unspecified atom stereocenters. The molecular weight excluding hydrogens is 400 g/mol. The monoisotopic (exact) mass is 436 g/mol. The Hall–Kier alpha value is -2.17. The van der Waals surface area contributed by atoms with Crippen LogP contribution in [0.1, 0.15) is 52.4 Å². The second-order valence-electron chi connectivity index (χ2n) is 8.79. The normalized spacial score (nSPS) is 17.7. The number of carbonyl (C=O) groups excluding carboxylic acids is 1. The molecular formula is C27H36O3Si. The molecule has 31 heavy (non-hydrogen) atoms. The van der Waals surface area contributed by atoms with Gasteiger partial charge in [-0.25, -0.2) is 4.79 Å². The summed E-state index contributed by atoms with van der Waals surface area (Å²) in [4.78, 5) is 13.3. The van der Waals surface area contributed by atoms with Crippen molar-refractivity contribution >= 4 is 24.7 Å². The van der Waals surface area contributed by atoms with E-state index < -0.39 is 13.9 Å². The third-order valence-corrected chi connectivity index (χ3v) is 10.4. The molecule has 1 saturated carbocycles. The van der Waals surface area contributed by atoms with Crippen LogP contribution in [-0.2, 0) is 14.0 Å². The van der Waals surface area contributed by atoms with Crippen molar-refractivity contribution in [2.24, 2.45) is 5.92 Å². The van der Waals surface area contributed by atoms with E-state index in [-0.39, 0.29) is 5.97 Å². The predicted octanol–water partition coefficient (Wildman–Crippen LogP) is 5.24. The maximum Gasteiger partial charge on any atom is 0.341 e. The van der Waals surface area contributed by atoms with Crippen LogP contribution in [0.3, 0.4) is 0 Å². The first kappa shape index (κ1) is 23.5. The molecule has 1 atom stereocenters. The summed E-state index contributed by atoms with van der Waals surface area (Å²) < 4.78 is 12.5. The third kappa shape index (κ3) is 5.02. The van der Waals surface area contributed by atoms with Crippen molar-refractivity contribution in [1.82, 2.24) is 0 Å². The van der Waals surface area contributed by atoms with Crippen LogP contribution in [0, 0.1) is 5.92 Å². The van der Waals surface area contributed by atoms with Gasteiger partial charge in [0.2, 0.25) is 0 Å². The summed E-state index contributed by atoms with van der Waals surface area (Å²) in [6.45, 7) is 6.28. The lowest BCUT2D eigenvalue weighted by atomic mass is 9.84. The lowest BCUT2D eigenvalue weighted by Gasteiger charge is -2.41. The average molecular weight is 437 g/mol. The maximum absolute atomic E-state index is 13.3. The number of esters is 1. The molecule has 2 aromatic carbocycles. The van der Waals surface area contributed by atoms with Gasteiger partial charge in [0.05, 0.1) is 7.11 Å². The van der Waals surface area contributed by atoms with Gasteiger partial charge in [0, 0.05) is 0 Å². The Balaban J connectivity index is 2.11. The van der Waals surface area contributed by atoms with E-state index in [0.29, 0.717) is 12.3 Å². The second-order valence-corrected chi connectivity index (χ2v) is 12.2. The van der Waals surface area contributed by atoms with E-state index in [1.807, 2.05) is 43.3 Å². The molecule has 2 aromatic rings. The topological polar surface area (TPSA) is 35.5 Å². The Kier molecular flexibility index (Phi) is 7.90. The highest BCUT2D eigenvalue weighted by Crippen LogP contribution is 2.34. The van der Waals surface area contributed by atoms with Gasteiger partial charge in [-0.1, -0.05) is 92.9 Å². The summed E-state index contributed by atoms with van der Waals surface area (Å²) in [6.07, 6.45) is 9.03. The van der Waals surface area contributed by atoms with Crippen molar-refractivity contribution in [1.29, 1.82) is 0 Å². The van der Waals surface area contributed by atoms with Gasteiger partial charge >= 0.3 is 5.97 Å². The molecule has 0 saturated heterocycles. The fraction of sp³-hybridized carbons (Fsp3) is 0.444. The molecule has 0 aromatic heterocycles. The minimum atomic E-state index is -2.71. The molecule has 0 N–H and O–H groups in total. The number of carbonyl (C=O) groups is 1. The van der Waals surface area contributed by atoms with Gasteiger partial charge in [0.1, 0.15) is 0 Å². The maximum atomic E-state index is 13.3. The molecule has 0 aliphatic heterocycles. The number of ether oxygens (including phenoxy) is 1. The van der Waals surface area contributed by atoms with Gasteiger partial charge in [-0.2, -0.15) is 0 Å². The fourth-order valence-corrected chi connectivity index (χ4v) is 8.19. The number of methoxy groups -OCH3 is 1. The van der Waals surface area contributed by atoms with Gasteiger partial charge in [-0.3, -0.25) is 0 Å². The zero-order valence-electron chi connectivity index (χ0n) is 19.4. The van der Waals surface area contributed by atoms with Crippen LogP contribution in [0.15, 0.2) is 72.3 Å². The van der Waals surface area contributed by atoms with Crippen LogP contribution in [0.5, 0.6) is 0 Å². The van der Waals surface area contributed by atoms with E-state index in [1.165, 1.54) is 39.2 Å². The molecule has 0 spiro atoms. The van der Waals surface area contributed by atoms with Crippen LogP contribution in [0.25, 0.3) is 0 Å². The average Bonchev–Trinajstić information content (AvgIpc) is 2.83. The first-order valence-corrected chi connectivity index (χ1v) is 14.0. The fourth-order valence-electron chi connectivity index (χ4n) is 4.88. The van der Waals surface area contributed by atoms with Gasteiger partial charge in [0.25, 0.3) is 8.32 Å². The van der Waals surface area contributed by atoms with Crippen molar-refractivity contribution in [3.63, 3.8) is 0 Å². The predicted molar refractivity (Wildman–Crippen MR) is 130 cm³/mol. The Morgan fingerprint density at radius 1 is 1.00 bits per heavy atom. The number of hydrogen-bond donors (Lipinski definition) is 0. The van der Waals surface area contributed by atoms with E-state index in [0.717, 1.165) is 15.9 Å². The van der Waals surface area contributed by atoms with Crippen molar-refractivity contribution in [2.45, 2.75) is 64.5 Å². The molecule has 0 amide bonds. The summed E-state index contributed by atoms with van der Waals surface area (Å²) in [7, 11) is -1.24. The van der Waals surface area contributed by atoms with Gasteiger partial charge in [-0.15, -0.1) is 0 Å². The molecule has 1 fully saturated rings. The lowest BCUT2D eigenvalue weighted by Crippen LogP contribution is -2.64. The number of hydrogen-bond acceptors (Lipinski definition) is 3. The first-order valence-electron chi connectivity index (χ1n) is 11.5. The van der Waals surface area contributed by atoms with Gasteiger partial charge in [-0.05, 0) is 54.6 Å². The lowest BCUT2D eigenvalue weighted by molar-refractivity contribution is -0.156. The molecule has 0 heterocycles. The third-order valence-electron chi connectivity index (χ3n) is 6.81. The number of rotatable bonds is 8. The number of benzene rings is 2. The van der Waals surface area contributed by atoms with Crippen molar-refractivity contribution in [3.05, 3.63) is 72.3 Å². The van der Waals surface area contributed by atoms with Crippen molar-refractivity contribution in [2.75, 3.05) is 7.11 Å². The Labute approximate surface area is 188 Å². The molecule has 0 radical (unpaired) electrons. The zero-order chi connectivity index (χ0) is 22.3. The molecule has 1 aliphatic carbocycles. The van der Waals surface area contributed by atoms with E-state index >= 15 is 0 Å². The van der Waals surface area contributed by atoms with Gasteiger partial charge in [0.15, 0.2) is 5.60 Å². The molecule has 3 nitrogen and oxygen atoms in total. The van der Waals surface area contributed by atoms with E-state index in [9.17, 15) is 4.79 Å². The van der Waals surface area contributed by atoms with Gasteiger partial charge < -0.3 is 9.16 Å². The molecule has 1 aliphatic rings. The van der Waals surface area contributed by atoms with Crippen LogP contribution in [0.4, 0.5) is 0 Å². The highest BCUT2D eigenvalue weighted by atomic mass is 28.4. The standard InChI is InChI=1S/C27H36O3Si/c1-5-27(26(28)29-3,22(2)21-23-15-9-6-10-16-23)30-31(4,24-17-11-7-12-18-24)25-19-13-8-14-20-25/h7-8,11-14,17-21,23H,5-6,9-10,15-16H2,1-4H3/b22-21+/t27-/m0/s1. The summed E-state index contributed by atoms with van der Waals surface area (Å²) in [5.74, 6) is 0.208. The van der Waals surface area contributed by atoms with Crippen LogP contribution < -0.4 is 10.4 Å². The van der Waals surface area contributed by atoms with Crippen LogP contribution >= 0.6 is 0 Å². The zero-order valence-corrected chi connectivity index (χ0v) is 20.4. The highest BCUT2D eigenvalue weighted by Gasteiger charge is 2.49. The highest BCUT2D eigenvalue weighted by molar-refractivity contribution is 6.96. The summed E-state index contributed by atoms with van der Waals surface area (Å²) in [5, 5.41) is 2.29. The first-order chi connectivity index (χ1) is 15.0. The Morgan fingerprint density at radius 3 is 1.97 bits per heavy atom. The summed E-state index contributed by atoms with van der Waals surface area (Å²) >= 11 is 0. The van der Waals surface area contributed by atoms with E-state index in [1.54, 1.807) is 0 Å². The van der Waals surface area contributed by atoms with Crippen LogP contribution in [-0.4, -0.2) is 27.0 Å². The van der Waals surface area contributed by atoms with Crippen molar-refractivity contribution < 1.29 is 14.0 Å².